The number of anilines is 1. The van der Waals surface area contributed by atoms with E-state index in [4.69, 9.17) is 5.73 Å². The molecule has 15 heavy (non-hydrogen) atoms. The maximum absolute atomic E-state index is 10.6. The molecule has 3 N–H and O–H groups in total. The molecule has 0 spiro atoms. The van der Waals surface area contributed by atoms with Gasteiger partial charge in [0, 0.05) is 16.7 Å². The Morgan fingerprint density at radius 2 is 2.40 bits per heavy atom. The first-order valence-corrected chi connectivity index (χ1v) is 4.62. The van der Waals surface area contributed by atoms with Gasteiger partial charge in [0.25, 0.3) is 0 Å². The monoisotopic (exact) mass is 274 g/mol. The molecule has 0 saturated heterocycles. The van der Waals surface area contributed by atoms with E-state index >= 15 is 0 Å². The molecule has 8 heteroatoms. The molecular weight excluding hydrogens is 268 g/mol. The number of nitrogens with one attached hydrogen (secondary N) is 1. The van der Waals surface area contributed by atoms with Crippen molar-refractivity contribution in [2.24, 2.45) is 5.73 Å². The molecule has 1 aromatic rings. The number of amides is 1. The fourth-order valence-corrected chi connectivity index (χ4v) is 1.19. The molecule has 0 unspecified atom stereocenters. The summed E-state index contributed by atoms with van der Waals surface area (Å²) in [6.45, 7) is -0.199. The van der Waals surface area contributed by atoms with Crippen molar-refractivity contribution < 1.29 is 9.72 Å². The second-order valence-corrected chi connectivity index (χ2v) is 3.51. The zero-order chi connectivity index (χ0) is 11.4. The van der Waals surface area contributed by atoms with Crippen molar-refractivity contribution in [3.63, 3.8) is 0 Å². The molecule has 0 aliphatic carbocycles. The lowest BCUT2D eigenvalue weighted by Gasteiger charge is -2.03. The summed E-state index contributed by atoms with van der Waals surface area (Å²) in [7, 11) is 0. The Morgan fingerprint density at radius 3 is 2.93 bits per heavy atom. The predicted octanol–water partition coefficient (Wildman–Crippen LogP) is 0.649. The molecule has 0 fully saturated rings. The molecule has 80 valence electrons. The summed E-state index contributed by atoms with van der Waals surface area (Å²) in [5.41, 5.74) is 4.67. The van der Waals surface area contributed by atoms with Gasteiger partial charge in [-0.2, -0.15) is 0 Å². The van der Waals surface area contributed by atoms with Crippen LogP contribution in [-0.4, -0.2) is 22.4 Å². The van der Waals surface area contributed by atoms with Crippen molar-refractivity contribution in [1.29, 1.82) is 0 Å². The lowest BCUT2D eigenvalue weighted by Crippen LogP contribution is -2.22. The molecular formula is C7H7BrN4O3. The number of nitrogens with zero attached hydrogens (tertiary/aromatic N) is 2. The quantitative estimate of drug-likeness (QED) is 0.619. The Kier molecular flexibility index (Phi) is 3.56. The second-order valence-electron chi connectivity index (χ2n) is 2.60. The molecule has 0 aromatic carbocycles. The Hall–Kier alpha value is -1.70. The highest BCUT2D eigenvalue weighted by Crippen LogP contribution is 2.24. The topological polar surface area (TPSA) is 111 Å². The van der Waals surface area contributed by atoms with E-state index in [0.29, 0.717) is 4.47 Å². The number of pyridine rings is 1. The molecule has 0 bridgehead atoms. The average molecular weight is 275 g/mol. The van der Waals surface area contributed by atoms with E-state index in [0.717, 1.165) is 0 Å². The van der Waals surface area contributed by atoms with E-state index in [2.05, 4.69) is 26.2 Å². The zero-order valence-corrected chi connectivity index (χ0v) is 9.02. The van der Waals surface area contributed by atoms with E-state index in [1.807, 2.05) is 0 Å². The molecule has 1 aromatic heterocycles. The van der Waals surface area contributed by atoms with Crippen LogP contribution in [0.4, 0.5) is 11.5 Å². The van der Waals surface area contributed by atoms with Crippen LogP contribution in [0.5, 0.6) is 0 Å². The normalized spacial score (nSPS) is 9.67. The number of nitro groups is 1. The first-order valence-electron chi connectivity index (χ1n) is 3.83. The van der Waals surface area contributed by atoms with Crippen molar-refractivity contribution in [2.45, 2.75) is 0 Å². The van der Waals surface area contributed by atoms with Crippen LogP contribution in [0.25, 0.3) is 0 Å². The number of carbonyl (C=O) groups is 1. The second kappa shape index (κ2) is 4.69. The van der Waals surface area contributed by atoms with E-state index in [-0.39, 0.29) is 18.1 Å². The molecule has 7 nitrogen and oxygen atoms in total. The van der Waals surface area contributed by atoms with E-state index in [9.17, 15) is 14.9 Å². The number of hydrogen-bond acceptors (Lipinski definition) is 5. The highest BCUT2D eigenvalue weighted by Gasteiger charge is 2.15. The van der Waals surface area contributed by atoms with E-state index < -0.39 is 10.8 Å². The highest BCUT2D eigenvalue weighted by molar-refractivity contribution is 9.10. The summed E-state index contributed by atoms with van der Waals surface area (Å²) < 4.78 is 0.485. The lowest BCUT2D eigenvalue weighted by atomic mass is 10.4. The predicted molar refractivity (Wildman–Crippen MR) is 56.3 cm³/mol. The molecule has 1 heterocycles. The van der Waals surface area contributed by atoms with Gasteiger partial charge in [0.1, 0.15) is 0 Å². The van der Waals surface area contributed by atoms with Gasteiger partial charge in [-0.3, -0.25) is 14.9 Å². The summed E-state index contributed by atoms with van der Waals surface area (Å²) in [6.07, 6.45) is 1.39. The van der Waals surface area contributed by atoms with Crippen molar-refractivity contribution in [3.05, 3.63) is 26.9 Å². The number of carbonyl (C=O) groups excluding carboxylic acids is 1. The third-order valence-corrected chi connectivity index (χ3v) is 1.89. The van der Waals surface area contributed by atoms with Crippen LogP contribution in [-0.2, 0) is 4.79 Å². The van der Waals surface area contributed by atoms with Gasteiger partial charge in [-0.1, -0.05) is 0 Å². The first kappa shape index (κ1) is 11.4. The van der Waals surface area contributed by atoms with Crippen molar-refractivity contribution in [3.8, 4) is 0 Å². The zero-order valence-electron chi connectivity index (χ0n) is 7.44. The van der Waals surface area contributed by atoms with Crippen molar-refractivity contribution >= 4 is 33.3 Å². The minimum absolute atomic E-state index is 0.0157. The smallest absolute Gasteiger partial charge is 0.312 e. The number of aromatic nitrogens is 1. The third-order valence-electron chi connectivity index (χ3n) is 1.46. The summed E-state index contributed by atoms with van der Waals surface area (Å²) >= 11 is 3.06. The highest BCUT2D eigenvalue weighted by atomic mass is 79.9. The van der Waals surface area contributed by atoms with Gasteiger partial charge in [0.2, 0.25) is 11.7 Å². The minimum Gasteiger partial charge on any atom is -0.368 e. The lowest BCUT2D eigenvalue weighted by molar-refractivity contribution is -0.384. The minimum atomic E-state index is -0.617. The van der Waals surface area contributed by atoms with Crippen LogP contribution in [0.1, 0.15) is 0 Å². The van der Waals surface area contributed by atoms with Crippen molar-refractivity contribution in [1.82, 2.24) is 4.98 Å². The van der Waals surface area contributed by atoms with Gasteiger partial charge in [0.15, 0.2) is 0 Å². The number of primary amides is 1. The van der Waals surface area contributed by atoms with Gasteiger partial charge in [-0.05, 0) is 15.9 Å². The van der Waals surface area contributed by atoms with Gasteiger partial charge >= 0.3 is 5.69 Å². The fourth-order valence-electron chi connectivity index (χ4n) is 0.875. The van der Waals surface area contributed by atoms with E-state index in [1.165, 1.54) is 12.3 Å². The Labute approximate surface area is 93.0 Å². The maximum Gasteiger partial charge on any atom is 0.312 e. The summed E-state index contributed by atoms with van der Waals surface area (Å²) in [5.74, 6) is -0.601. The standard InChI is InChI=1S/C7H7BrN4O3/c8-4-1-5(12(14)15)7(10-2-4)11-3-6(9)13/h1-2H,3H2,(H2,9,13)(H,10,11). The molecule has 0 aliphatic heterocycles. The third kappa shape index (κ3) is 3.17. The Balaban J connectivity index is 2.95. The van der Waals surface area contributed by atoms with Crippen LogP contribution < -0.4 is 11.1 Å². The fraction of sp³-hybridized carbons (Fsp3) is 0.143. The van der Waals surface area contributed by atoms with Gasteiger partial charge < -0.3 is 11.1 Å². The summed E-state index contributed by atoms with van der Waals surface area (Å²) in [5, 5.41) is 13.1. The van der Waals surface area contributed by atoms with Crippen LogP contribution in [0, 0.1) is 10.1 Å². The molecule has 0 radical (unpaired) electrons. The maximum atomic E-state index is 10.6. The van der Waals surface area contributed by atoms with Crippen LogP contribution in [0.2, 0.25) is 0 Å². The number of nitrogens with two attached hydrogens (primary N) is 1. The molecule has 0 atom stereocenters. The molecule has 0 saturated carbocycles. The van der Waals surface area contributed by atoms with Gasteiger partial charge in [0.05, 0.1) is 11.5 Å². The van der Waals surface area contributed by atoms with Crippen LogP contribution in [0.15, 0.2) is 16.7 Å². The first-order chi connectivity index (χ1) is 7.00. The molecule has 1 rings (SSSR count). The Bertz CT molecular complexity index is 409. The number of halogens is 1. The SMILES string of the molecule is NC(=O)CNc1ncc(Br)cc1[N+](=O)[O-]. The van der Waals surface area contributed by atoms with Gasteiger partial charge in [-0.15, -0.1) is 0 Å². The van der Waals surface area contributed by atoms with E-state index in [1.54, 1.807) is 0 Å². The largest absolute Gasteiger partial charge is 0.368 e. The summed E-state index contributed by atoms with van der Waals surface area (Å²) in [6, 6.07) is 1.29. The average Bonchev–Trinajstić information content (AvgIpc) is 2.15. The molecule has 1 amide bonds. The van der Waals surface area contributed by atoms with Gasteiger partial charge in [-0.25, -0.2) is 4.98 Å². The Morgan fingerprint density at radius 1 is 1.73 bits per heavy atom. The van der Waals surface area contributed by atoms with Crippen LogP contribution >= 0.6 is 15.9 Å². The number of rotatable bonds is 4. The van der Waals surface area contributed by atoms with Crippen LogP contribution in [0.3, 0.4) is 0 Å². The number of hydrogen-bond donors (Lipinski definition) is 2. The summed E-state index contributed by atoms with van der Waals surface area (Å²) in [4.78, 5) is 24.2. The molecule has 0 aliphatic rings. The van der Waals surface area contributed by atoms with Crippen molar-refractivity contribution in [2.75, 3.05) is 11.9 Å².